The zero-order valence-electron chi connectivity index (χ0n) is 18.7. The van der Waals surface area contributed by atoms with Crippen LogP contribution in [0.3, 0.4) is 0 Å². The molecular weight excluding hydrogens is 441 g/mol. The van der Waals surface area contributed by atoms with Crippen molar-refractivity contribution in [2.75, 3.05) is 5.32 Å². The Morgan fingerprint density at radius 2 is 1.78 bits per heavy atom. The summed E-state index contributed by atoms with van der Waals surface area (Å²) in [6, 6.07) is 15.8. The summed E-state index contributed by atoms with van der Waals surface area (Å²) in [5.74, 6) is 0.880. The van der Waals surface area contributed by atoms with Crippen LogP contribution in [0.2, 0.25) is 10.0 Å². The van der Waals surface area contributed by atoms with Gasteiger partial charge in [0.15, 0.2) is 5.82 Å². The number of benzene rings is 2. The largest absolute Gasteiger partial charge is 0.373 e. The van der Waals surface area contributed by atoms with E-state index >= 15 is 0 Å². The van der Waals surface area contributed by atoms with E-state index in [2.05, 4.69) is 59.8 Å². The van der Waals surface area contributed by atoms with Crippen molar-refractivity contribution < 1.29 is 0 Å². The third-order valence-corrected chi connectivity index (χ3v) is 6.67. The lowest BCUT2D eigenvalue weighted by atomic mass is 9.85. The van der Waals surface area contributed by atoms with E-state index in [1.165, 1.54) is 0 Å². The predicted molar refractivity (Wildman–Crippen MR) is 132 cm³/mol. The number of para-hydroxylation sites is 1. The van der Waals surface area contributed by atoms with E-state index in [0.717, 1.165) is 42.8 Å². The standard InChI is InChI=1S/C25H29Cl2N5/c1-24(2,3)22(14-12-18-11-13-19(26)17-21(18)27)32-23(29-30-31-32)25(15-7-8-16-25)28-20-9-5-4-6-10-20/h4-6,9-14,17,22,28H,7-8,15-16H2,1-3H3/b14-12+. The van der Waals surface area contributed by atoms with Gasteiger partial charge in [0.1, 0.15) is 0 Å². The highest BCUT2D eigenvalue weighted by Crippen LogP contribution is 2.43. The summed E-state index contributed by atoms with van der Waals surface area (Å²) in [4.78, 5) is 0. The highest BCUT2D eigenvalue weighted by Gasteiger charge is 2.42. The molecule has 7 heteroatoms. The number of anilines is 1. The van der Waals surface area contributed by atoms with Gasteiger partial charge in [-0.15, -0.1) is 5.10 Å². The molecule has 168 valence electrons. The topological polar surface area (TPSA) is 55.6 Å². The van der Waals surface area contributed by atoms with Crippen LogP contribution in [0.4, 0.5) is 5.69 Å². The van der Waals surface area contributed by atoms with Crippen molar-refractivity contribution in [1.29, 1.82) is 0 Å². The number of hydrogen-bond donors (Lipinski definition) is 1. The minimum atomic E-state index is -0.292. The van der Waals surface area contributed by atoms with Crippen LogP contribution in [0.1, 0.15) is 63.9 Å². The van der Waals surface area contributed by atoms with Crippen molar-refractivity contribution in [2.45, 2.75) is 58.0 Å². The Hall–Kier alpha value is -2.37. The molecule has 4 rings (SSSR count). The molecule has 0 spiro atoms. The molecule has 1 aliphatic rings. The van der Waals surface area contributed by atoms with Crippen LogP contribution in [-0.2, 0) is 5.54 Å². The van der Waals surface area contributed by atoms with Crippen LogP contribution < -0.4 is 5.32 Å². The monoisotopic (exact) mass is 469 g/mol. The molecule has 1 fully saturated rings. The summed E-state index contributed by atoms with van der Waals surface area (Å²) in [5, 5.41) is 18.2. The Morgan fingerprint density at radius 3 is 2.44 bits per heavy atom. The van der Waals surface area contributed by atoms with Crippen molar-refractivity contribution in [2.24, 2.45) is 5.41 Å². The molecule has 1 N–H and O–H groups in total. The molecule has 0 saturated heterocycles. The van der Waals surface area contributed by atoms with Gasteiger partial charge in [-0.05, 0) is 58.5 Å². The zero-order valence-corrected chi connectivity index (χ0v) is 20.2. The number of nitrogens with zero attached hydrogens (tertiary/aromatic N) is 4. The van der Waals surface area contributed by atoms with Crippen molar-refractivity contribution in [3.8, 4) is 0 Å². The fourth-order valence-electron chi connectivity index (χ4n) is 4.45. The second kappa shape index (κ2) is 9.24. The van der Waals surface area contributed by atoms with Crippen LogP contribution in [0.5, 0.6) is 0 Å². The third-order valence-electron chi connectivity index (χ3n) is 6.11. The van der Waals surface area contributed by atoms with Crippen molar-refractivity contribution >= 4 is 35.0 Å². The normalized spacial score (nSPS) is 17.0. The first-order valence-electron chi connectivity index (χ1n) is 11.0. The zero-order chi connectivity index (χ0) is 22.8. The first kappa shape index (κ1) is 22.8. The summed E-state index contributed by atoms with van der Waals surface area (Å²) < 4.78 is 1.99. The summed E-state index contributed by atoms with van der Waals surface area (Å²) >= 11 is 12.5. The number of nitrogens with one attached hydrogen (secondary N) is 1. The number of rotatable bonds is 6. The molecule has 1 atom stereocenters. The minimum Gasteiger partial charge on any atom is -0.373 e. The first-order valence-corrected chi connectivity index (χ1v) is 11.8. The average molecular weight is 470 g/mol. The summed E-state index contributed by atoms with van der Waals surface area (Å²) in [5.41, 5.74) is 1.59. The summed E-state index contributed by atoms with van der Waals surface area (Å²) in [6.07, 6.45) is 8.44. The average Bonchev–Trinajstić information content (AvgIpc) is 3.40. The Bertz CT molecular complexity index is 1080. The van der Waals surface area contributed by atoms with Gasteiger partial charge in [0.2, 0.25) is 0 Å². The summed E-state index contributed by atoms with van der Waals surface area (Å²) in [6.45, 7) is 6.59. The fraction of sp³-hybridized carbons (Fsp3) is 0.400. The van der Waals surface area contributed by atoms with Gasteiger partial charge in [0.05, 0.1) is 11.6 Å². The molecule has 0 aliphatic heterocycles. The van der Waals surface area contributed by atoms with Gasteiger partial charge < -0.3 is 5.32 Å². The van der Waals surface area contributed by atoms with E-state index in [1.54, 1.807) is 6.07 Å². The quantitative estimate of drug-likeness (QED) is 0.415. The Kier molecular flexibility index (Phi) is 6.59. The highest BCUT2D eigenvalue weighted by molar-refractivity contribution is 6.35. The second-order valence-corrected chi connectivity index (χ2v) is 10.4. The maximum absolute atomic E-state index is 6.41. The van der Waals surface area contributed by atoms with Crippen LogP contribution >= 0.6 is 23.2 Å². The summed E-state index contributed by atoms with van der Waals surface area (Å²) in [7, 11) is 0. The van der Waals surface area contributed by atoms with E-state index in [0.29, 0.717) is 10.0 Å². The predicted octanol–water partition coefficient (Wildman–Crippen LogP) is 7.16. The number of hydrogen-bond acceptors (Lipinski definition) is 4. The van der Waals surface area contributed by atoms with Crippen LogP contribution in [0.25, 0.3) is 6.08 Å². The number of halogens is 2. The van der Waals surface area contributed by atoms with Gasteiger partial charge in [-0.1, -0.05) is 93.2 Å². The number of tetrazole rings is 1. The second-order valence-electron chi connectivity index (χ2n) is 9.56. The molecule has 5 nitrogen and oxygen atoms in total. The minimum absolute atomic E-state index is 0.0608. The molecule has 1 saturated carbocycles. The van der Waals surface area contributed by atoms with Gasteiger partial charge in [-0.2, -0.15) is 0 Å². The molecule has 32 heavy (non-hydrogen) atoms. The SMILES string of the molecule is CC(C)(C)C(/C=C/c1ccc(Cl)cc1Cl)n1nnnc1C1(Nc2ccccc2)CCCC1. The van der Waals surface area contributed by atoms with Crippen LogP contribution in [0, 0.1) is 5.41 Å². The smallest absolute Gasteiger partial charge is 0.177 e. The van der Waals surface area contributed by atoms with Gasteiger partial charge in [0, 0.05) is 15.7 Å². The molecule has 0 bridgehead atoms. The molecule has 1 aromatic heterocycles. The Balaban J connectivity index is 1.73. The van der Waals surface area contributed by atoms with Crippen LogP contribution in [0.15, 0.2) is 54.6 Å². The first-order chi connectivity index (χ1) is 15.3. The molecule has 3 aromatic rings. The lowest BCUT2D eigenvalue weighted by molar-refractivity contribution is 0.254. The van der Waals surface area contributed by atoms with E-state index in [9.17, 15) is 0 Å². The van der Waals surface area contributed by atoms with Crippen molar-refractivity contribution in [1.82, 2.24) is 20.2 Å². The highest BCUT2D eigenvalue weighted by atomic mass is 35.5. The molecule has 1 heterocycles. The van der Waals surface area contributed by atoms with Crippen molar-refractivity contribution in [3.63, 3.8) is 0 Å². The lowest BCUT2D eigenvalue weighted by Crippen LogP contribution is -2.38. The molecular formula is C25H29Cl2N5. The number of allylic oxidation sites excluding steroid dienone is 1. The third kappa shape index (κ3) is 4.84. The Morgan fingerprint density at radius 1 is 1.06 bits per heavy atom. The Labute approximate surface area is 199 Å². The fourth-order valence-corrected chi connectivity index (χ4v) is 4.92. The van der Waals surface area contributed by atoms with E-state index < -0.39 is 0 Å². The van der Waals surface area contributed by atoms with Gasteiger partial charge in [-0.25, -0.2) is 4.68 Å². The van der Waals surface area contributed by atoms with Gasteiger partial charge >= 0.3 is 0 Å². The van der Waals surface area contributed by atoms with Crippen LogP contribution in [-0.4, -0.2) is 20.2 Å². The molecule has 0 amide bonds. The maximum atomic E-state index is 6.41. The molecule has 1 aliphatic carbocycles. The lowest BCUT2D eigenvalue weighted by Gasteiger charge is -2.34. The van der Waals surface area contributed by atoms with Gasteiger partial charge in [0.25, 0.3) is 0 Å². The van der Waals surface area contributed by atoms with Gasteiger partial charge in [-0.3, -0.25) is 0 Å². The van der Waals surface area contributed by atoms with Crippen molar-refractivity contribution in [3.05, 3.63) is 76.0 Å². The molecule has 1 unspecified atom stereocenters. The molecule has 2 aromatic carbocycles. The molecule has 0 radical (unpaired) electrons. The van der Waals surface area contributed by atoms with E-state index in [4.69, 9.17) is 23.2 Å². The maximum Gasteiger partial charge on any atom is 0.177 e. The number of aromatic nitrogens is 4. The van der Waals surface area contributed by atoms with E-state index in [-0.39, 0.29) is 17.0 Å². The van der Waals surface area contributed by atoms with E-state index in [1.807, 2.05) is 41.1 Å².